The number of benzene rings is 1. The molecule has 1 fully saturated rings. The van der Waals surface area contributed by atoms with E-state index in [1.165, 1.54) is 35.2 Å². The lowest BCUT2D eigenvalue weighted by molar-refractivity contribution is -0.141. The maximum absolute atomic E-state index is 12.8. The molecule has 1 saturated heterocycles. The topological polar surface area (TPSA) is 80.0 Å². The molecule has 1 aliphatic heterocycles. The van der Waals surface area contributed by atoms with Gasteiger partial charge in [0.2, 0.25) is 0 Å². The molecule has 0 radical (unpaired) electrons. The Morgan fingerprint density at radius 2 is 2.00 bits per heavy atom. The molecule has 7 heteroatoms. The molecule has 126 valence electrons. The highest BCUT2D eigenvalue weighted by atomic mass is 19.1. The Kier molecular flexibility index (Phi) is 4.50. The Morgan fingerprint density at radius 3 is 2.71 bits per heavy atom. The van der Waals surface area contributed by atoms with E-state index in [0.717, 1.165) is 0 Å². The van der Waals surface area contributed by atoms with Gasteiger partial charge < -0.3 is 19.2 Å². The molecule has 0 bridgehead atoms. The van der Waals surface area contributed by atoms with Crippen LogP contribution in [0.1, 0.15) is 29.2 Å². The average Bonchev–Trinajstić information content (AvgIpc) is 3.23. The van der Waals surface area contributed by atoms with E-state index < -0.39 is 17.9 Å². The minimum absolute atomic E-state index is 0.0841. The van der Waals surface area contributed by atoms with Gasteiger partial charge in [-0.05, 0) is 49.2 Å². The van der Waals surface area contributed by atoms with Crippen LogP contribution in [-0.4, -0.2) is 34.5 Å². The molecule has 1 aliphatic rings. The second kappa shape index (κ2) is 6.74. The van der Waals surface area contributed by atoms with Crippen molar-refractivity contribution < 1.29 is 28.2 Å². The van der Waals surface area contributed by atoms with Gasteiger partial charge in [0.25, 0.3) is 5.91 Å². The molecule has 0 spiro atoms. The summed E-state index contributed by atoms with van der Waals surface area (Å²) in [6.07, 6.45) is 1.10. The molecule has 24 heavy (non-hydrogen) atoms. The smallest absolute Gasteiger partial charge is 0.326 e. The number of carbonyl (C=O) groups excluding carboxylic acids is 1. The highest BCUT2D eigenvalue weighted by Crippen LogP contribution is 2.22. The van der Waals surface area contributed by atoms with Gasteiger partial charge in [-0.2, -0.15) is 0 Å². The summed E-state index contributed by atoms with van der Waals surface area (Å²) in [5.41, 5.74) is 0. The van der Waals surface area contributed by atoms with Gasteiger partial charge in [0, 0.05) is 6.54 Å². The van der Waals surface area contributed by atoms with Crippen molar-refractivity contribution in [1.82, 2.24) is 4.90 Å². The summed E-state index contributed by atoms with van der Waals surface area (Å²) in [4.78, 5) is 24.8. The minimum atomic E-state index is -1.01. The van der Waals surface area contributed by atoms with E-state index in [2.05, 4.69) is 0 Å². The van der Waals surface area contributed by atoms with Crippen LogP contribution in [0.15, 0.2) is 40.8 Å². The SMILES string of the molecule is O=C(O)[C@H]1CCCN1C(=O)c1ccc(COc2ccc(F)cc2)o1. The standard InChI is InChI=1S/C17H16FNO5/c18-11-3-5-12(6-4-11)23-10-13-7-8-15(24-13)16(20)19-9-1-2-14(19)17(21)22/h3-8,14H,1-2,9-10H2,(H,21,22)/t14-/m1/s1. The Bertz CT molecular complexity index is 740. The molecule has 1 aromatic carbocycles. The van der Waals surface area contributed by atoms with Crippen molar-refractivity contribution in [2.24, 2.45) is 0 Å². The summed E-state index contributed by atoms with van der Waals surface area (Å²) in [6.45, 7) is 0.485. The molecule has 6 nitrogen and oxygen atoms in total. The molecule has 1 N–H and O–H groups in total. The van der Waals surface area contributed by atoms with Crippen molar-refractivity contribution in [3.8, 4) is 5.75 Å². The second-order valence-electron chi connectivity index (χ2n) is 5.50. The van der Waals surface area contributed by atoms with Crippen molar-refractivity contribution in [2.45, 2.75) is 25.5 Å². The number of carboxylic acids is 1. The lowest BCUT2D eigenvalue weighted by atomic mass is 10.2. The van der Waals surface area contributed by atoms with E-state index >= 15 is 0 Å². The summed E-state index contributed by atoms with van der Waals surface area (Å²) < 4.78 is 23.7. The summed E-state index contributed by atoms with van der Waals surface area (Å²) in [7, 11) is 0. The Morgan fingerprint density at radius 1 is 1.25 bits per heavy atom. The number of aliphatic carboxylic acids is 1. The van der Waals surface area contributed by atoms with E-state index in [0.29, 0.717) is 30.9 Å². The summed E-state index contributed by atoms with van der Waals surface area (Å²) in [5, 5.41) is 9.14. The third-order valence-corrected chi connectivity index (χ3v) is 3.87. The van der Waals surface area contributed by atoms with Crippen molar-refractivity contribution in [1.29, 1.82) is 0 Å². The van der Waals surface area contributed by atoms with Crippen LogP contribution in [0, 0.1) is 5.82 Å². The molecule has 0 unspecified atom stereocenters. The lowest BCUT2D eigenvalue weighted by Gasteiger charge is -2.19. The number of furan rings is 1. The zero-order valence-corrected chi connectivity index (χ0v) is 12.8. The number of amides is 1. The van der Waals surface area contributed by atoms with Gasteiger partial charge in [-0.1, -0.05) is 0 Å². The van der Waals surface area contributed by atoms with Gasteiger partial charge in [-0.3, -0.25) is 4.79 Å². The molecular weight excluding hydrogens is 317 g/mol. The van der Waals surface area contributed by atoms with Gasteiger partial charge in [0.15, 0.2) is 5.76 Å². The molecule has 0 saturated carbocycles. The fraction of sp³-hybridized carbons (Fsp3) is 0.294. The fourth-order valence-corrected chi connectivity index (χ4v) is 2.66. The average molecular weight is 333 g/mol. The van der Waals surface area contributed by atoms with Crippen LogP contribution in [0.5, 0.6) is 5.75 Å². The number of nitrogens with zero attached hydrogens (tertiary/aromatic N) is 1. The molecule has 1 amide bonds. The minimum Gasteiger partial charge on any atom is -0.486 e. The van der Waals surface area contributed by atoms with Gasteiger partial charge in [0.05, 0.1) is 0 Å². The largest absolute Gasteiger partial charge is 0.486 e. The number of halogens is 1. The second-order valence-corrected chi connectivity index (χ2v) is 5.50. The number of hydrogen-bond donors (Lipinski definition) is 1. The van der Waals surface area contributed by atoms with E-state index in [1.807, 2.05) is 0 Å². The number of hydrogen-bond acceptors (Lipinski definition) is 4. The molecule has 1 aromatic heterocycles. The van der Waals surface area contributed by atoms with Gasteiger partial charge in [-0.25, -0.2) is 9.18 Å². The summed E-state index contributed by atoms with van der Waals surface area (Å²) in [5.74, 6) is -0.812. The quantitative estimate of drug-likeness (QED) is 0.910. The van der Waals surface area contributed by atoms with Crippen LogP contribution in [-0.2, 0) is 11.4 Å². The first-order valence-electron chi connectivity index (χ1n) is 7.55. The summed E-state index contributed by atoms with van der Waals surface area (Å²) in [6, 6.07) is 7.85. The molecule has 2 heterocycles. The van der Waals surface area contributed by atoms with E-state index in [9.17, 15) is 14.0 Å². The molecular formula is C17H16FNO5. The van der Waals surface area contributed by atoms with Gasteiger partial charge in [-0.15, -0.1) is 0 Å². The Labute approximate surface area is 137 Å². The predicted molar refractivity (Wildman–Crippen MR) is 81.1 cm³/mol. The van der Waals surface area contributed by atoms with Crippen molar-refractivity contribution >= 4 is 11.9 Å². The predicted octanol–water partition coefficient (Wildman–Crippen LogP) is 2.69. The first kappa shape index (κ1) is 16.0. The highest BCUT2D eigenvalue weighted by Gasteiger charge is 2.35. The third kappa shape index (κ3) is 3.40. The lowest BCUT2D eigenvalue weighted by Crippen LogP contribution is -2.40. The zero-order valence-electron chi connectivity index (χ0n) is 12.8. The summed E-state index contributed by atoms with van der Waals surface area (Å²) >= 11 is 0. The van der Waals surface area contributed by atoms with E-state index in [1.54, 1.807) is 6.07 Å². The number of carboxylic acid groups (broad SMARTS) is 1. The van der Waals surface area contributed by atoms with Crippen LogP contribution >= 0.6 is 0 Å². The molecule has 0 aliphatic carbocycles. The van der Waals surface area contributed by atoms with Crippen molar-refractivity contribution in [3.63, 3.8) is 0 Å². The van der Waals surface area contributed by atoms with Gasteiger partial charge >= 0.3 is 5.97 Å². The van der Waals surface area contributed by atoms with Crippen molar-refractivity contribution in [2.75, 3.05) is 6.54 Å². The first-order valence-corrected chi connectivity index (χ1v) is 7.55. The maximum atomic E-state index is 12.8. The van der Waals surface area contributed by atoms with E-state index in [-0.39, 0.29) is 18.2 Å². The highest BCUT2D eigenvalue weighted by molar-refractivity contribution is 5.94. The normalized spacial score (nSPS) is 17.0. The van der Waals surface area contributed by atoms with Crippen LogP contribution in [0.3, 0.4) is 0 Å². The number of ether oxygens (including phenoxy) is 1. The first-order chi connectivity index (χ1) is 11.5. The molecule has 3 rings (SSSR count). The van der Waals surface area contributed by atoms with Crippen LogP contribution in [0.25, 0.3) is 0 Å². The van der Waals surface area contributed by atoms with Crippen LogP contribution < -0.4 is 4.74 Å². The monoisotopic (exact) mass is 333 g/mol. The Balaban J connectivity index is 1.63. The molecule has 1 atom stereocenters. The third-order valence-electron chi connectivity index (χ3n) is 3.87. The van der Waals surface area contributed by atoms with Crippen molar-refractivity contribution in [3.05, 3.63) is 53.7 Å². The molecule has 2 aromatic rings. The fourth-order valence-electron chi connectivity index (χ4n) is 2.66. The number of carbonyl (C=O) groups is 2. The van der Waals surface area contributed by atoms with Crippen LogP contribution in [0.2, 0.25) is 0 Å². The van der Waals surface area contributed by atoms with E-state index in [4.69, 9.17) is 14.3 Å². The van der Waals surface area contributed by atoms with Crippen LogP contribution in [0.4, 0.5) is 4.39 Å². The number of rotatable bonds is 5. The zero-order chi connectivity index (χ0) is 17.1. The maximum Gasteiger partial charge on any atom is 0.326 e. The number of likely N-dealkylation sites (tertiary alicyclic amines) is 1. The Hall–Kier alpha value is -2.83. The van der Waals surface area contributed by atoms with Gasteiger partial charge in [0.1, 0.15) is 30.0 Å².